The molecule has 0 unspecified atom stereocenters. The normalized spacial score (nSPS) is 10.6. The molecule has 106 valence electrons. The Morgan fingerprint density at radius 3 is 2.62 bits per heavy atom. The highest BCUT2D eigenvalue weighted by atomic mass is 35.5. The number of allylic oxidation sites excluding steroid dienone is 1. The van der Waals surface area contributed by atoms with E-state index in [1.807, 2.05) is 6.07 Å². The second-order valence-corrected chi connectivity index (χ2v) is 4.81. The average molecular weight is 300 g/mol. The van der Waals surface area contributed by atoms with Gasteiger partial charge in [0.25, 0.3) is 0 Å². The molecule has 1 N–H and O–H groups in total. The standard InChI is InChI=1S/C17H14ClNO2/c1-19-15-8-3-2-7-14(17(15)21)16(20)10-9-12-5-4-6-13(18)11-12/h2-11H,1H3,(H,19,21)/b10-9-. The molecule has 0 saturated carbocycles. The summed E-state index contributed by atoms with van der Waals surface area (Å²) in [6.45, 7) is 0. The Kier molecular flexibility index (Phi) is 4.90. The molecule has 0 aliphatic rings. The Morgan fingerprint density at radius 2 is 1.90 bits per heavy atom. The first-order valence-corrected chi connectivity index (χ1v) is 6.78. The average Bonchev–Trinajstić information content (AvgIpc) is 2.66. The summed E-state index contributed by atoms with van der Waals surface area (Å²) in [7, 11) is 1.65. The van der Waals surface area contributed by atoms with Crippen LogP contribution in [0, 0.1) is 0 Å². The number of halogens is 1. The monoisotopic (exact) mass is 299 g/mol. The molecule has 0 aromatic heterocycles. The van der Waals surface area contributed by atoms with Crippen LogP contribution in [0.2, 0.25) is 5.02 Å². The summed E-state index contributed by atoms with van der Waals surface area (Å²) in [4.78, 5) is 24.4. The van der Waals surface area contributed by atoms with Gasteiger partial charge >= 0.3 is 0 Å². The van der Waals surface area contributed by atoms with Crippen molar-refractivity contribution in [1.29, 1.82) is 0 Å². The van der Waals surface area contributed by atoms with Crippen molar-refractivity contribution in [3.05, 3.63) is 81.0 Å². The van der Waals surface area contributed by atoms with Crippen molar-refractivity contribution in [2.75, 3.05) is 12.4 Å². The van der Waals surface area contributed by atoms with E-state index >= 15 is 0 Å². The number of carbonyl (C=O) groups excluding carboxylic acids is 1. The molecule has 2 aromatic carbocycles. The highest BCUT2D eigenvalue weighted by Gasteiger charge is 2.08. The predicted octanol–water partition coefficient (Wildman–Crippen LogP) is 3.64. The zero-order valence-corrected chi connectivity index (χ0v) is 12.2. The molecular weight excluding hydrogens is 286 g/mol. The van der Waals surface area contributed by atoms with Gasteiger partial charge in [-0.1, -0.05) is 41.9 Å². The van der Waals surface area contributed by atoms with Gasteiger partial charge in [0.1, 0.15) is 0 Å². The largest absolute Gasteiger partial charge is 0.385 e. The van der Waals surface area contributed by atoms with Crippen LogP contribution in [0.25, 0.3) is 6.08 Å². The number of carbonyl (C=O) groups is 1. The van der Waals surface area contributed by atoms with Crippen LogP contribution in [0.5, 0.6) is 0 Å². The second-order valence-electron chi connectivity index (χ2n) is 4.38. The summed E-state index contributed by atoms with van der Waals surface area (Å²) in [5.41, 5.74) is 1.00. The Balaban J connectivity index is 2.34. The summed E-state index contributed by atoms with van der Waals surface area (Å²) in [6.07, 6.45) is 3.02. The lowest BCUT2D eigenvalue weighted by Crippen LogP contribution is -2.14. The van der Waals surface area contributed by atoms with E-state index in [1.165, 1.54) is 12.1 Å². The lowest BCUT2D eigenvalue weighted by molar-refractivity contribution is 0.104. The van der Waals surface area contributed by atoms with E-state index in [9.17, 15) is 9.59 Å². The molecule has 0 aliphatic carbocycles. The molecule has 2 aromatic rings. The third-order valence-electron chi connectivity index (χ3n) is 2.94. The molecule has 0 atom stereocenters. The highest BCUT2D eigenvalue weighted by Crippen LogP contribution is 2.12. The van der Waals surface area contributed by atoms with Crippen molar-refractivity contribution in [1.82, 2.24) is 0 Å². The number of hydrogen-bond acceptors (Lipinski definition) is 3. The molecule has 3 nitrogen and oxygen atoms in total. The van der Waals surface area contributed by atoms with Gasteiger partial charge in [-0.2, -0.15) is 0 Å². The smallest absolute Gasteiger partial charge is 0.212 e. The zero-order valence-electron chi connectivity index (χ0n) is 11.5. The summed E-state index contributed by atoms with van der Waals surface area (Å²) in [5.74, 6) is -0.340. The van der Waals surface area contributed by atoms with Gasteiger partial charge in [0.05, 0.1) is 11.3 Å². The number of benzene rings is 1. The Labute approximate surface area is 127 Å². The van der Waals surface area contributed by atoms with Crippen LogP contribution in [-0.2, 0) is 0 Å². The fourth-order valence-electron chi connectivity index (χ4n) is 1.86. The van der Waals surface area contributed by atoms with Crippen LogP contribution in [-0.4, -0.2) is 12.8 Å². The third-order valence-corrected chi connectivity index (χ3v) is 3.17. The van der Waals surface area contributed by atoms with Gasteiger partial charge in [0.2, 0.25) is 5.43 Å². The maximum absolute atomic E-state index is 12.2. The minimum absolute atomic E-state index is 0.127. The summed E-state index contributed by atoms with van der Waals surface area (Å²) in [6, 6.07) is 13.7. The van der Waals surface area contributed by atoms with Crippen molar-refractivity contribution >= 4 is 29.1 Å². The van der Waals surface area contributed by atoms with Crippen molar-refractivity contribution in [2.24, 2.45) is 0 Å². The van der Waals surface area contributed by atoms with E-state index in [0.29, 0.717) is 10.7 Å². The second kappa shape index (κ2) is 6.86. The molecule has 21 heavy (non-hydrogen) atoms. The van der Waals surface area contributed by atoms with Crippen LogP contribution in [0.4, 0.5) is 5.69 Å². The van der Waals surface area contributed by atoms with Crippen molar-refractivity contribution in [3.63, 3.8) is 0 Å². The minimum Gasteiger partial charge on any atom is -0.385 e. The lowest BCUT2D eigenvalue weighted by atomic mass is 10.1. The van der Waals surface area contributed by atoms with Crippen molar-refractivity contribution in [2.45, 2.75) is 0 Å². The van der Waals surface area contributed by atoms with Crippen LogP contribution in [0.15, 0.2) is 59.4 Å². The Bertz CT molecular complexity index is 754. The number of nitrogens with one attached hydrogen (secondary N) is 1. The van der Waals surface area contributed by atoms with Crippen LogP contribution < -0.4 is 10.7 Å². The first-order chi connectivity index (χ1) is 10.1. The van der Waals surface area contributed by atoms with Crippen molar-refractivity contribution in [3.8, 4) is 0 Å². The molecule has 0 radical (unpaired) electrons. The van der Waals surface area contributed by atoms with Crippen LogP contribution in [0.3, 0.4) is 0 Å². The van der Waals surface area contributed by atoms with E-state index < -0.39 is 0 Å². The molecule has 0 spiro atoms. The minimum atomic E-state index is -0.340. The molecular formula is C17H14ClNO2. The Morgan fingerprint density at radius 1 is 1.14 bits per heavy atom. The molecule has 0 heterocycles. The number of ketones is 1. The number of hydrogen-bond donors (Lipinski definition) is 1. The maximum atomic E-state index is 12.2. The first kappa shape index (κ1) is 15.0. The molecule has 2 rings (SSSR count). The molecule has 4 heteroatoms. The van der Waals surface area contributed by atoms with E-state index in [0.717, 1.165) is 5.56 Å². The summed E-state index contributed by atoms with van der Waals surface area (Å²) >= 11 is 5.88. The van der Waals surface area contributed by atoms with Gasteiger partial charge in [-0.05, 0) is 35.9 Å². The topological polar surface area (TPSA) is 46.2 Å². The molecule has 0 aliphatic heterocycles. The predicted molar refractivity (Wildman–Crippen MR) is 87.1 cm³/mol. The zero-order chi connectivity index (χ0) is 15.2. The third kappa shape index (κ3) is 3.80. The van der Waals surface area contributed by atoms with Gasteiger partial charge in [-0.15, -0.1) is 0 Å². The van der Waals surface area contributed by atoms with E-state index in [1.54, 1.807) is 49.5 Å². The van der Waals surface area contributed by atoms with Crippen LogP contribution >= 0.6 is 11.6 Å². The van der Waals surface area contributed by atoms with Crippen molar-refractivity contribution < 1.29 is 4.79 Å². The van der Waals surface area contributed by atoms with Gasteiger partial charge in [-0.3, -0.25) is 9.59 Å². The van der Waals surface area contributed by atoms with E-state index in [2.05, 4.69) is 5.32 Å². The summed E-state index contributed by atoms with van der Waals surface area (Å²) in [5, 5.41) is 3.38. The van der Waals surface area contributed by atoms with Crippen LogP contribution in [0.1, 0.15) is 15.9 Å². The van der Waals surface area contributed by atoms with E-state index in [4.69, 9.17) is 11.6 Å². The molecule has 0 amide bonds. The van der Waals surface area contributed by atoms with Gasteiger partial charge < -0.3 is 5.32 Å². The first-order valence-electron chi connectivity index (χ1n) is 6.41. The highest BCUT2D eigenvalue weighted by molar-refractivity contribution is 6.30. The van der Waals surface area contributed by atoms with Gasteiger partial charge in [0.15, 0.2) is 5.78 Å². The Hall–Kier alpha value is -2.39. The fraction of sp³-hybridized carbons (Fsp3) is 0.0588. The van der Waals surface area contributed by atoms with Gasteiger partial charge in [0, 0.05) is 12.1 Å². The molecule has 0 fully saturated rings. The molecule has 0 saturated heterocycles. The summed E-state index contributed by atoms with van der Waals surface area (Å²) < 4.78 is 0. The maximum Gasteiger partial charge on any atom is 0.212 e. The lowest BCUT2D eigenvalue weighted by Gasteiger charge is -1.96. The SMILES string of the molecule is CNc1ccccc(C(=O)/C=C\c2cccc(Cl)c2)c1=O. The van der Waals surface area contributed by atoms with E-state index in [-0.39, 0.29) is 16.8 Å². The molecule has 0 bridgehead atoms. The van der Waals surface area contributed by atoms with Gasteiger partial charge in [-0.25, -0.2) is 0 Å². The quantitative estimate of drug-likeness (QED) is 0.692. The number of anilines is 1. The number of rotatable bonds is 4. The fourth-order valence-corrected chi connectivity index (χ4v) is 2.06.